The lowest BCUT2D eigenvalue weighted by Gasteiger charge is -2.30. The van der Waals surface area contributed by atoms with Gasteiger partial charge in [-0.3, -0.25) is 14.2 Å². The molecular weight excluding hydrogens is 964 g/mol. The first-order valence-corrected chi connectivity index (χ1v) is 33.6. The van der Waals surface area contributed by atoms with Gasteiger partial charge >= 0.3 is 5.97 Å². The first-order chi connectivity index (χ1) is 36.9. The molecule has 0 aliphatic rings. The van der Waals surface area contributed by atoms with Gasteiger partial charge in [-0.2, -0.15) is 0 Å². The Morgan fingerprint density at radius 2 is 0.842 bits per heavy atom. The van der Waals surface area contributed by atoms with E-state index in [0.29, 0.717) is 17.4 Å². The zero-order valence-corrected chi connectivity index (χ0v) is 51.6. The molecule has 0 aromatic rings. The number of quaternary nitrogens is 1. The fourth-order valence-electron chi connectivity index (χ4n) is 9.19. The van der Waals surface area contributed by atoms with Crippen LogP contribution in [0.2, 0.25) is 0 Å². The number of hydrogen-bond acceptors (Lipinski definition) is 7. The molecule has 444 valence electrons. The summed E-state index contributed by atoms with van der Waals surface area (Å²) in [6.07, 6.45) is 70.4. The van der Waals surface area contributed by atoms with Gasteiger partial charge in [0.15, 0.2) is 0 Å². The molecule has 0 saturated heterocycles. The molecule has 76 heavy (non-hydrogen) atoms. The summed E-state index contributed by atoms with van der Waals surface area (Å²) >= 11 is 0. The van der Waals surface area contributed by atoms with Crippen LogP contribution >= 0.6 is 7.82 Å². The minimum Gasteiger partial charge on any atom is -0.756 e. The second-order valence-electron chi connectivity index (χ2n) is 22.9. The summed E-state index contributed by atoms with van der Waals surface area (Å²) in [5.74, 6) is -0.549. The van der Waals surface area contributed by atoms with Crippen molar-refractivity contribution in [3.8, 4) is 0 Å². The van der Waals surface area contributed by atoms with E-state index in [-0.39, 0.29) is 24.9 Å². The van der Waals surface area contributed by atoms with Crippen LogP contribution in [0.5, 0.6) is 0 Å². The molecule has 0 fully saturated rings. The number of nitrogens with zero attached hydrogens (tertiary/aromatic N) is 1. The van der Waals surface area contributed by atoms with Gasteiger partial charge in [0, 0.05) is 12.8 Å². The van der Waals surface area contributed by atoms with Crippen molar-refractivity contribution in [1.29, 1.82) is 0 Å². The summed E-state index contributed by atoms with van der Waals surface area (Å²) in [5.41, 5.74) is 0. The summed E-state index contributed by atoms with van der Waals surface area (Å²) < 4.78 is 30.3. The monoisotopic (exact) mass is 1090 g/mol. The molecule has 0 heterocycles. The number of hydrogen-bond donors (Lipinski definition) is 1. The molecule has 0 aliphatic heterocycles. The number of carbonyl (C=O) groups is 2. The topological polar surface area (TPSA) is 114 Å². The van der Waals surface area contributed by atoms with Crippen molar-refractivity contribution >= 4 is 19.7 Å². The van der Waals surface area contributed by atoms with Crippen molar-refractivity contribution in [3.05, 3.63) is 60.8 Å². The maximum atomic E-state index is 13.5. The average Bonchev–Trinajstić information content (AvgIpc) is 3.38. The number of amides is 1. The molecule has 3 unspecified atom stereocenters. The molecule has 0 spiro atoms. The smallest absolute Gasteiger partial charge is 0.306 e. The predicted octanol–water partition coefficient (Wildman–Crippen LogP) is 19.2. The minimum absolute atomic E-state index is 0.0249. The molecule has 3 atom stereocenters. The normalized spacial score (nSPS) is 14.0. The van der Waals surface area contributed by atoms with Crippen LogP contribution in [0.4, 0.5) is 0 Å². The SMILES string of the molecule is CCCCC/C=C\C/C=C\CCCCCCCCCCCCCCCC(=O)NC(COP(=O)([O-])OCC[N+](C)(C)C)C(/C=C\CCCCCCCCCCCC)OC(=O)CCCCCCCC/C=C/C=C/CCCCC. The van der Waals surface area contributed by atoms with Gasteiger partial charge in [0.1, 0.15) is 19.3 Å². The van der Waals surface area contributed by atoms with Crippen molar-refractivity contribution < 1.29 is 37.3 Å². The van der Waals surface area contributed by atoms with E-state index in [1.54, 1.807) is 0 Å². The highest BCUT2D eigenvalue weighted by atomic mass is 31.2. The number of rotatable bonds is 58. The van der Waals surface area contributed by atoms with Crippen molar-refractivity contribution in [3.63, 3.8) is 0 Å². The van der Waals surface area contributed by atoms with Gasteiger partial charge < -0.3 is 28.5 Å². The minimum atomic E-state index is -4.70. The quantitative estimate of drug-likeness (QED) is 0.0161. The molecule has 0 rings (SSSR count). The second-order valence-corrected chi connectivity index (χ2v) is 24.3. The second kappa shape index (κ2) is 56.0. The number of ether oxygens (including phenoxy) is 1. The third-order valence-corrected chi connectivity index (χ3v) is 15.2. The number of carbonyl (C=O) groups excluding carboxylic acids is 2. The maximum absolute atomic E-state index is 13.5. The Hall–Kier alpha value is -2.29. The van der Waals surface area contributed by atoms with E-state index in [9.17, 15) is 19.0 Å². The third-order valence-electron chi connectivity index (χ3n) is 14.2. The fraction of sp³-hybridized carbons (Fsp3) is 0.818. The molecule has 0 saturated carbocycles. The van der Waals surface area contributed by atoms with Crippen LogP contribution in [0.3, 0.4) is 0 Å². The van der Waals surface area contributed by atoms with Crippen LogP contribution in [0, 0.1) is 0 Å². The average molecular weight is 1090 g/mol. The van der Waals surface area contributed by atoms with Crippen molar-refractivity contribution in [2.24, 2.45) is 0 Å². The molecule has 0 aromatic heterocycles. The first-order valence-electron chi connectivity index (χ1n) is 32.1. The summed E-state index contributed by atoms with van der Waals surface area (Å²) in [4.78, 5) is 40.0. The molecule has 9 nitrogen and oxygen atoms in total. The van der Waals surface area contributed by atoms with Crippen LogP contribution < -0.4 is 10.2 Å². The van der Waals surface area contributed by atoms with E-state index in [1.165, 1.54) is 180 Å². The molecule has 1 amide bonds. The third kappa shape index (κ3) is 56.4. The van der Waals surface area contributed by atoms with Crippen molar-refractivity contribution in [2.45, 2.75) is 309 Å². The summed E-state index contributed by atoms with van der Waals surface area (Å²) in [7, 11) is 1.18. The van der Waals surface area contributed by atoms with Crippen molar-refractivity contribution in [2.75, 3.05) is 40.9 Å². The lowest BCUT2D eigenvalue weighted by molar-refractivity contribution is -0.870. The number of allylic oxidation sites excluding steroid dienone is 9. The van der Waals surface area contributed by atoms with Crippen molar-refractivity contribution in [1.82, 2.24) is 5.32 Å². The fourth-order valence-corrected chi connectivity index (χ4v) is 9.91. The Morgan fingerprint density at radius 1 is 0.474 bits per heavy atom. The highest BCUT2D eigenvalue weighted by Crippen LogP contribution is 2.38. The molecule has 10 heteroatoms. The predicted molar refractivity (Wildman–Crippen MR) is 325 cm³/mol. The zero-order valence-electron chi connectivity index (χ0n) is 50.7. The van der Waals surface area contributed by atoms with Gasteiger partial charge in [-0.1, -0.05) is 255 Å². The van der Waals surface area contributed by atoms with E-state index in [4.69, 9.17) is 13.8 Å². The molecule has 1 N–H and O–H groups in total. The summed E-state index contributed by atoms with van der Waals surface area (Å²) in [6.45, 7) is 6.80. The van der Waals surface area contributed by atoms with Crippen LogP contribution in [-0.2, 0) is 27.9 Å². The van der Waals surface area contributed by atoms with E-state index in [2.05, 4.69) is 74.7 Å². The number of likely N-dealkylation sites (N-methyl/N-ethyl adjacent to an activating group) is 1. The molecule has 0 bridgehead atoms. The Kier molecular flexibility index (Phi) is 54.3. The summed E-state index contributed by atoms with van der Waals surface area (Å²) in [6, 6.07) is -0.894. The number of esters is 1. The van der Waals surface area contributed by atoms with Gasteiger partial charge in [0.25, 0.3) is 7.82 Å². The van der Waals surface area contributed by atoms with E-state index < -0.39 is 26.6 Å². The van der Waals surface area contributed by atoms with Crippen LogP contribution in [0.15, 0.2) is 60.8 Å². The van der Waals surface area contributed by atoms with E-state index in [0.717, 1.165) is 83.5 Å². The standard InChI is InChI=1S/C66H123N2O7P/c1-7-10-13-16-19-22-25-28-30-31-32-33-34-35-36-37-39-40-43-46-49-52-55-58-65(69)67-63(62-74-76(71,72)73-61-60-68(4,5)6)64(57-54-51-48-45-42-27-24-21-18-15-12-9-3)75-66(70)59-56-53-50-47-44-41-38-29-26-23-20-17-14-11-8-2/h19-20,22-23,26,28-30,54,57,63-64H,7-18,21,24-25,27,31-53,55-56,58-62H2,1-6H3,(H-,67,69,71,72)/b22-19-,23-20+,29-26+,30-28-,57-54-. The molecule has 0 aliphatic carbocycles. The van der Waals surface area contributed by atoms with Gasteiger partial charge in [-0.15, -0.1) is 0 Å². The highest BCUT2D eigenvalue weighted by Gasteiger charge is 2.27. The lowest BCUT2D eigenvalue weighted by atomic mass is 10.0. The lowest BCUT2D eigenvalue weighted by Crippen LogP contribution is -2.47. The largest absolute Gasteiger partial charge is 0.756 e. The zero-order chi connectivity index (χ0) is 55.7. The Labute approximate surface area is 471 Å². The molecule has 0 aromatic carbocycles. The number of phosphoric ester groups is 1. The number of phosphoric acid groups is 1. The molecular formula is C66H123N2O7P. The van der Waals surface area contributed by atoms with Crippen LogP contribution in [0.25, 0.3) is 0 Å². The maximum Gasteiger partial charge on any atom is 0.306 e. The molecule has 0 radical (unpaired) electrons. The van der Waals surface area contributed by atoms with Crippen LogP contribution in [-0.4, -0.2) is 69.4 Å². The van der Waals surface area contributed by atoms with E-state index >= 15 is 0 Å². The number of nitrogens with one attached hydrogen (secondary N) is 1. The van der Waals surface area contributed by atoms with E-state index in [1.807, 2.05) is 33.3 Å². The summed E-state index contributed by atoms with van der Waals surface area (Å²) in [5, 5.41) is 3.03. The van der Waals surface area contributed by atoms with Gasteiger partial charge in [-0.25, -0.2) is 0 Å². The Balaban J connectivity index is 5.16. The Morgan fingerprint density at radius 3 is 1.29 bits per heavy atom. The Bertz CT molecular complexity index is 1490. The highest BCUT2D eigenvalue weighted by molar-refractivity contribution is 7.45. The van der Waals surface area contributed by atoms with Gasteiger partial charge in [0.2, 0.25) is 5.91 Å². The first kappa shape index (κ1) is 73.7. The number of unbranched alkanes of at least 4 members (excludes halogenated alkanes) is 35. The van der Waals surface area contributed by atoms with Gasteiger partial charge in [-0.05, 0) is 89.5 Å². The van der Waals surface area contributed by atoms with Gasteiger partial charge in [0.05, 0.1) is 33.8 Å². The van der Waals surface area contributed by atoms with Crippen LogP contribution in [0.1, 0.15) is 297 Å².